The standard InChI is InChI=1S/C24H23N5O2.HI/c1-29-13-12-16-14-20(8-11-22(16)29)28-24(30)27-19-5-3-4-17(15-19)23(25)26-18-6-9-21(31-2)10-7-18;/h3-15H,1-2H3,(H2,25,26)(H2,27,28,30);1H. The van der Waals surface area contributed by atoms with Crippen molar-refractivity contribution in [3.63, 3.8) is 0 Å². The van der Waals surface area contributed by atoms with E-state index < -0.39 is 0 Å². The van der Waals surface area contributed by atoms with Crippen molar-refractivity contribution >= 4 is 63.8 Å². The Morgan fingerprint density at radius 3 is 2.28 bits per heavy atom. The second-order valence-electron chi connectivity index (χ2n) is 7.09. The molecule has 0 bridgehead atoms. The second-order valence-corrected chi connectivity index (χ2v) is 7.09. The third kappa shape index (κ3) is 5.38. The second kappa shape index (κ2) is 10.2. The highest BCUT2D eigenvalue weighted by Gasteiger charge is 2.08. The molecule has 7 nitrogen and oxygen atoms in total. The maximum atomic E-state index is 12.4. The van der Waals surface area contributed by atoms with E-state index in [1.807, 2.05) is 72.4 Å². The summed E-state index contributed by atoms with van der Waals surface area (Å²) in [6.07, 6.45) is 1.98. The molecule has 0 atom stereocenters. The zero-order chi connectivity index (χ0) is 21.8. The van der Waals surface area contributed by atoms with E-state index in [0.717, 1.165) is 22.3 Å². The Hall–Kier alpha value is -3.53. The van der Waals surface area contributed by atoms with E-state index in [1.54, 1.807) is 25.3 Å². The summed E-state index contributed by atoms with van der Waals surface area (Å²) < 4.78 is 7.17. The van der Waals surface area contributed by atoms with Gasteiger partial charge in [0.15, 0.2) is 0 Å². The first-order valence-electron chi connectivity index (χ1n) is 9.75. The number of carbonyl (C=O) groups excluding carboxylic acids is 1. The summed E-state index contributed by atoms with van der Waals surface area (Å²) in [5.41, 5.74) is 3.83. The molecule has 4 N–H and O–H groups in total. The minimum absolute atomic E-state index is 0. The van der Waals surface area contributed by atoms with Gasteiger partial charge in [0.05, 0.1) is 7.11 Å². The van der Waals surface area contributed by atoms with Crippen LogP contribution in [0.4, 0.5) is 21.9 Å². The number of amidine groups is 1. The lowest BCUT2D eigenvalue weighted by atomic mass is 10.1. The van der Waals surface area contributed by atoms with Crippen molar-refractivity contribution in [2.75, 3.05) is 23.1 Å². The zero-order valence-corrected chi connectivity index (χ0v) is 20.0. The average molecular weight is 541 g/mol. The van der Waals surface area contributed by atoms with E-state index in [-0.39, 0.29) is 35.8 Å². The number of urea groups is 1. The van der Waals surface area contributed by atoms with Crippen LogP contribution in [0.2, 0.25) is 0 Å². The smallest absolute Gasteiger partial charge is 0.323 e. The molecule has 1 heterocycles. The molecular formula is C24H24IN5O2. The Kier molecular flexibility index (Phi) is 7.37. The lowest BCUT2D eigenvalue weighted by molar-refractivity contribution is 0.262. The Labute approximate surface area is 203 Å². The van der Waals surface area contributed by atoms with E-state index in [0.29, 0.717) is 16.9 Å². The monoisotopic (exact) mass is 541 g/mol. The number of aryl methyl sites for hydroxylation is 1. The maximum absolute atomic E-state index is 12.4. The number of nitrogens with zero attached hydrogens (tertiary/aromatic N) is 1. The summed E-state index contributed by atoms with van der Waals surface area (Å²) in [5.74, 6) is 0.976. The quantitative estimate of drug-likeness (QED) is 0.144. The van der Waals surface area contributed by atoms with Crippen LogP contribution in [0.3, 0.4) is 0 Å². The molecule has 0 saturated carbocycles. The number of methoxy groups -OCH3 is 1. The molecule has 0 aliphatic heterocycles. The minimum Gasteiger partial charge on any atom is -0.497 e. The van der Waals surface area contributed by atoms with Crippen LogP contribution < -0.4 is 20.7 Å². The van der Waals surface area contributed by atoms with Gasteiger partial charge in [-0.15, -0.1) is 24.0 Å². The van der Waals surface area contributed by atoms with Crippen molar-refractivity contribution in [3.05, 3.63) is 84.6 Å². The number of hydrogen-bond donors (Lipinski definition) is 4. The fourth-order valence-corrected chi connectivity index (χ4v) is 3.30. The summed E-state index contributed by atoms with van der Waals surface area (Å²) in [5, 5.41) is 18.1. The highest BCUT2D eigenvalue weighted by Crippen LogP contribution is 2.21. The van der Waals surface area contributed by atoms with E-state index in [1.165, 1.54) is 0 Å². The Balaban J connectivity index is 0.00000289. The van der Waals surface area contributed by atoms with Crippen molar-refractivity contribution < 1.29 is 9.53 Å². The zero-order valence-electron chi connectivity index (χ0n) is 17.7. The van der Waals surface area contributed by atoms with Crippen molar-refractivity contribution in [1.82, 2.24) is 4.57 Å². The van der Waals surface area contributed by atoms with E-state index in [4.69, 9.17) is 10.1 Å². The highest BCUT2D eigenvalue weighted by molar-refractivity contribution is 14.0. The molecule has 8 heteroatoms. The molecule has 1 aromatic heterocycles. The summed E-state index contributed by atoms with van der Waals surface area (Å²) in [4.78, 5) is 12.4. The SMILES string of the molecule is COc1ccc(NC(=N)c2cccc(NC(=O)Nc3ccc4c(ccn4C)c3)c2)cc1.I. The number of carbonyl (C=O) groups is 1. The van der Waals surface area contributed by atoms with Crippen LogP contribution in [-0.2, 0) is 7.05 Å². The number of nitrogens with one attached hydrogen (secondary N) is 4. The Bertz CT molecular complexity index is 1250. The van der Waals surface area contributed by atoms with Crippen molar-refractivity contribution in [2.24, 2.45) is 7.05 Å². The summed E-state index contributed by atoms with van der Waals surface area (Å²) in [7, 11) is 3.59. The van der Waals surface area contributed by atoms with E-state index >= 15 is 0 Å². The van der Waals surface area contributed by atoms with Gasteiger partial charge in [0.2, 0.25) is 0 Å². The molecule has 4 rings (SSSR count). The van der Waals surface area contributed by atoms with Crippen LogP contribution in [0.1, 0.15) is 5.56 Å². The third-order valence-electron chi connectivity index (χ3n) is 4.91. The van der Waals surface area contributed by atoms with Gasteiger partial charge in [0, 0.05) is 46.8 Å². The maximum Gasteiger partial charge on any atom is 0.323 e. The Morgan fingerprint density at radius 1 is 0.875 bits per heavy atom. The fraction of sp³-hybridized carbons (Fsp3) is 0.0833. The lowest BCUT2D eigenvalue weighted by Crippen LogP contribution is -2.20. The fourth-order valence-electron chi connectivity index (χ4n) is 3.30. The number of rotatable bonds is 5. The molecule has 0 aliphatic rings. The highest BCUT2D eigenvalue weighted by atomic mass is 127. The van der Waals surface area contributed by atoms with Gasteiger partial charge in [-0.25, -0.2) is 4.79 Å². The molecule has 0 radical (unpaired) electrons. The number of aromatic nitrogens is 1. The van der Waals surface area contributed by atoms with Crippen molar-refractivity contribution in [1.29, 1.82) is 5.41 Å². The van der Waals surface area contributed by atoms with Crippen LogP contribution in [-0.4, -0.2) is 23.5 Å². The van der Waals surface area contributed by atoms with Gasteiger partial charge >= 0.3 is 6.03 Å². The summed E-state index contributed by atoms with van der Waals surface area (Å²) >= 11 is 0. The van der Waals surface area contributed by atoms with Crippen molar-refractivity contribution in [2.45, 2.75) is 0 Å². The number of benzene rings is 3. The van der Waals surface area contributed by atoms with Crippen LogP contribution in [0.5, 0.6) is 5.75 Å². The molecule has 164 valence electrons. The number of anilines is 3. The van der Waals surface area contributed by atoms with E-state index in [9.17, 15) is 4.79 Å². The largest absolute Gasteiger partial charge is 0.497 e. The normalized spacial score (nSPS) is 10.2. The molecule has 4 aromatic rings. The topological polar surface area (TPSA) is 91.2 Å². The molecule has 3 aromatic carbocycles. The first-order chi connectivity index (χ1) is 15.0. The summed E-state index contributed by atoms with van der Waals surface area (Å²) in [6.45, 7) is 0. The van der Waals surface area contributed by atoms with Gasteiger partial charge in [-0.3, -0.25) is 5.41 Å². The predicted octanol–water partition coefficient (Wildman–Crippen LogP) is 5.89. The third-order valence-corrected chi connectivity index (χ3v) is 4.91. The van der Waals surface area contributed by atoms with Crippen molar-refractivity contribution in [3.8, 4) is 5.75 Å². The first-order valence-corrected chi connectivity index (χ1v) is 9.75. The first kappa shape index (κ1) is 23.1. The molecule has 0 unspecified atom stereocenters. The number of ether oxygens (including phenoxy) is 1. The molecule has 2 amide bonds. The van der Waals surface area contributed by atoms with Gasteiger partial charge in [-0.05, 0) is 60.7 Å². The molecule has 0 saturated heterocycles. The van der Waals surface area contributed by atoms with Crippen LogP contribution in [0.25, 0.3) is 10.9 Å². The number of fused-ring (bicyclic) bond motifs is 1. The Morgan fingerprint density at radius 2 is 1.56 bits per heavy atom. The van der Waals surface area contributed by atoms with Crippen LogP contribution >= 0.6 is 24.0 Å². The molecule has 0 fully saturated rings. The van der Waals surface area contributed by atoms with Gasteiger partial charge in [-0.2, -0.15) is 0 Å². The average Bonchev–Trinajstić information content (AvgIpc) is 3.14. The van der Waals surface area contributed by atoms with Crippen LogP contribution in [0.15, 0.2) is 79.0 Å². The van der Waals surface area contributed by atoms with Crippen LogP contribution in [0, 0.1) is 5.41 Å². The molecular weight excluding hydrogens is 517 g/mol. The van der Waals surface area contributed by atoms with Gasteiger partial charge in [-0.1, -0.05) is 12.1 Å². The van der Waals surface area contributed by atoms with E-state index in [2.05, 4.69) is 16.0 Å². The molecule has 32 heavy (non-hydrogen) atoms. The van der Waals surface area contributed by atoms with Gasteiger partial charge in [0.25, 0.3) is 0 Å². The van der Waals surface area contributed by atoms with Gasteiger partial charge < -0.3 is 25.3 Å². The molecule has 0 aliphatic carbocycles. The number of hydrogen-bond acceptors (Lipinski definition) is 3. The minimum atomic E-state index is -0.345. The lowest BCUT2D eigenvalue weighted by Gasteiger charge is -2.12. The summed E-state index contributed by atoms with van der Waals surface area (Å²) in [6, 6.07) is 21.9. The molecule has 0 spiro atoms. The number of halogens is 1. The predicted molar refractivity (Wildman–Crippen MR) is 141 cm³/mol. The van der Waals surface area contributed by atoms with Gasteiger partial charge in [0.1, 0.15) is 11.6 Å². The number of amides is 2.